The molecule has 1 fully saturated rings. The highest BCUT2D eigenvalue weighted by Gasteiger charge is 2.33. The molecule has 8 nitrogen and oxygen atoms in total. The van der Waals surface area contributed by atoms with Crippen molar-refractivity contribution in [3.63, 3.8) is 0 Å². The number of rotatable bonds is 6. The van der Waals surface area contributed by atoms with Gasteiger partial charge in [0.15, 0.2) is 5.82 Å². The van der Waals surface area contributed by atoms with Crippen LogP contribution >= 0.6 is 0 Å². The quantitative estimate of drug-likeness (QED) is 0.404. The number of carbonyl (C=O) groups is 1. The predicted molar refractivity (Wildman–Crippen MR) is 135 cm³/mol. The van der Waals surface area contributed by atoms with E-state index in [1.165, 1.54) is 18.9 Å². The molecule has 36 heavy (non-hydrogen) atoms. The van der Waals surface area contributed by atoms with E-state index in [0.29, 0.717) is 36.3 Å². The number of imidazole rings is 1. The number of aryl methyl sites for hydroxylation is 1. The molecule has 0 unspecified atom stereocenters. The third-order valence-electron chi connectivity index (χ3n) is 7.01. The molecule has 1 saturated carbocycles. The lowest BCUT2D eigenvalue weighted by molar-refractivity contribution is 0.0929. The molecule has 3 heterocycles. The van der Waals surface area contributed by atoms with Gasteiger partial charge in [0.25, 0.3) is 5.91 Å². The first-order valence-electron chi connectivity index (χ1n) is 12.3. The molecule has 9 heteroatoms. The molecule has 2 aromatic heterocycles. The van der Waals surface area contributed by atoms with Gasteiger partial charge in [-0.25, -0.2) is 14.1 Å². The summed E-state index contributed by atoms with van der Waals surface area (Å²) in [6.45, 7) is 7.07. The number of benzene rings is 2. The molecular formula is C27H28FN7O. The molecule has 1 aliphatic heterocycles. The van der Waals surface area contributed by atoms with Crippen molar-refractivity contribution in [2.24, 2.45) is 0 Å². The summed E-state index contributed by atoms with van der Waals surface area (Å²) in [6, 6.07) is 11.0. The van der Waals surface area contributed by atoms with E-state index in [9.17, 15) is 4.79 Å². The fraction of sp³-hybridized carbons (Fsp3) is 0.333. The van der Waals surface area contributed by atoms with Crippen molar-refractivity contribution >= 4 is 17.5 Å². The highest BCUT2D eigenvalue weighted by molar-refractivity contribution is 5.98. The van der Waals surface area contributed by atoms with Gasteiger partial charge in [0.05, 0.1) is 17.7 Å². The van der Waals surface area contributed by atoms with Crippen LogP contribution < -0.4 is 10.6 Å². The Morgan fingerprint density at radius 3 is 2.69 bits per heavy atom. The van der Waals surface area contributed by atoms with Crippen molar-refractivity contribution < 1.29 is 9.18 Å². The van der Waals surface area contributed by atoms with Gasteiger partial charge in [0.2, 0.25) is 5.95 Å². The smallest absolute Gasteiger partial charge is 0.251 e. The Bertz CT molecular complexity index is 1460. The second-order valence-corrected chi connectivity index (χ2v) is 10.2. The Balaban J connectivity index is 1.28. The number of amides is 1. The largest absolute Gasteiger partial charge is 0.351 e. The number of nitrogens with one attached hydrogen (secondary N) is 2. The summed E-state index contributed by atoms with van der Waals surface area (Å²) in [4.78, 5) is 21.5. The topological polar surface area (TPSA) is 89.7 Å². The fourth-order valence-electron chi connectivity index (χ4n) is 4.66. The maximum absolute atomic E-state index is 15.0. The average Bonchev–Trinajstić information content (AvgIpc) is 3.45. The van der Waals surface area contributed by atoms with Crippen LogP contribution in [-0.2, 0) is 12.0 Å². The van der Waals surface area contributed by atoms with Gasteiger partial charge in [-0.05, 0) is 61.7 Å². The van der Waals surface area contributed by atoms with Gasteiger partial charge in [-0.2, -0.15) is 4.98 Å². The van der Waals surface area contributed by atoms with Crippen molar-refractivity contribution in [1.82, 2.24) is 29.6 Å². The van der Waals surface area contributed by atoms with Crippen LogP contribution in [0, 0.1) is 5.82 Å². The molecule has 2 N–H and O–H groups in total. The van der Waals surface area contributed by atoms with Gasteiger partial charge in [0.1, 0.15) is 5.82 Å². The number of nitrogens with zero attached hydrogens (tertiary/aromatic N) is 5. The van der Waals surface area contributed by atoms with Crippen LogP contribution in [0.15, 0.2) is 48.9 Å². The Labute approximate surface area is 208 Å². The van der Waals surface area contributed by atoms with Crippen LogP contribution in [-0.4, -0.2) is 36.8 Å². The Hall–Kier alpha value is -4.01. The maximum Gasteiger partial charge on any atom is 0.251 e. The number of hydrogen-bond donors (Lipinski definition) is 2. The molecule has 1 aliphatic carbocycles. The second kappa shape index (κ2) is 8.29. The van der Waals surface area contributed by atoms with Gasteiger partial charge in [-0.15, -0.1) is 5.10 Å². The Kier molecular flexibility index (Phi) is 5.17. The zero-order valence-electron chi connectivity index (χ0n) is 20.5. The molecule has 4 aromatic rings. The van der Waals surface area contributed by atoms with Crippen molar-refractivity contribution in [2.45, 2.75) is 51.5 Å². The summed E-state index contributed by atoms with van der Waals surface area (Å²) in [7, 11) is 0. The molecule has 0 atom stereocenters. The van der Waals surface area contributed by atoms with Crippen LogP contribution in [0.1, 0.15) is 61.1 Å². The fourth-order valence-corrected chi connectivity index (χ4v) is 4.66. The van der Waals surface area contributed by atoms with Crippen LogP contribution in [0.5, 0.6) is 0 Å². The molecule has 2 aliphatic rings. The van der Waals surface area contributed by atoms with E-state index in [4.69, 9.17) is 0 Å². The zero-order valence-corrected chi connectivity index (χ0v) is 20.5. The minimum absolute atomic E-state index is 0.253. The van der Waals surface area contributed by atoms with E-state index in [1.807, 2.05) is 55.9 Å². The summed E-state index contributed by atoms with van der Waals surface area (Å²) in [5, 5.41) is 10.6. The van der Waals surface area contributed by atoms with E-state index in [-0.39, 0.29) is 17.0 Å². The lowest BCUT2D eigenvalue weighted by Gasteiger charge is -2.33. The molecule has 2 aromatic carbocycles. The van der Waals surface area contributed by atoms with E-state index < -0.39 is 5.82 Å². The van der Waals surface area contributed by atoms with Crippen LogP contribution in [0.4, 0.5) is 16.0 Å². The Morgan fingerprint density at radius 1 is 1.19 bits per heavy atom. The van der Waals surface area contributed by atoms with Gasteiger partial charge < -0.3 is 15.2 Å². The molecule has 0 radical (unpaired) electrons. The number of aromatic nitrogens is 5. The van der Waals surface area contributed by atoms with E-state index >= 15 is 4.39 Å². The van der Waals surface area contributed by atoms with Gasteiger partial charge in [0, 0.05) is 47.4 Å². The minimum atomic E-state index is -0.510. The summed E-state index contributed by atoms with van der Waals surface area (Å²) < 4.78 is 18.7. The standard InChI is InChI=1S/C27H28FN7O/c1-4-35-26(31-22-12-20-19(11-21(22)28)25(36)29-14-27(20,2)3)32-24(33-35)17-7-9-18(10-8-17)34-13-23(30-15-34)16-5-6-16/h7-13,15-16H,4-6,14H2,1-3H3,(H,29,36)(H,31,32,33). The van der Waals surface area contributed by atoms with Crippen LogP contribution in [0.2, 0.25) is 0 Å². The van der Waals surface area contributed by atoms with E-state index in [0.717, 1.165) is 22.5 Å². The first-order valence-corrected chi connectivity index (χ1v) is 12.3. The first-order chi connectivity index (χ1) is 17.3. The third kappa shape index (κ3) is 3.94. The lowest BCUT2D eigenvalue weighted by atomic mass is 9.78. The van der Waals surface area contributed by atoms with Crippen molar-refractivity contribution in [2.75, 3.05) is 11.9 Å². The molecule has 0 saturated heterocycles. The van der Waals surface area contributed by atoms with Gasteiger partial charge >= 0.3 is 0 Å². The SMILES string of the molecule is CCn1nc(-c2ccc(-n3cnc(C4CC4)c3)cc2)nc1Nc1cc2c(cc1F)C(=O)NCC2(C)C. The van der Waals surface area contributed by atoms with E-state index in [1.54, 1.807) is 10.7 Å². The third-order valence-corrected chi connectivity index (χ3v) is 7.01. The van der Waals surface area contributed by atoms with Crippen LogP contribution in [0.25, 0.3) is 17.1 Å². The summed E-state index contributed by atoms with van der Waals surface area (Å²) in [5.41, 5.74) is 4.16. The molecule has 0 bridgehead atoms. The van der Waals surface area contributed by atoms with Gasteiger partial charge in [-0.1, -0.05) is 13.8 Å². The molecule has 6 rings (SSSR count). The number of halogens is 1. The molecule has 0 spiro atoms. The highest BCUT2D eigenvalue weighted by Crippen LogP contribution is 2.39. The van der Waals surface area contributed by atoms with E-state index in [2.05, 4.69) is 31.9 Å². The number of fused-ring (bicyclic) bond motifs is 1. The summed E-state index contributed by atoms with van der Waals surface area (Å²) in [6.07, 6.45) is 6.39. The lowest BCUT2D eigenvalue weighted by Crippen LogP contribution is -2.43. The normalized spacial score (nSPS) is 16.5. The van der Waals surface area contributed by atoms with Crippen molar-refractivity contribution in [1.29, 1.82) is 0 Å². The molecular weight excluding hydrogens is 457 g/mol. The highest BCUT2D eigenvalue weighted by atomic mass is 19.1. The first kappa shape index (κ1) is 22.5. The van der Waals surface area contributed by atoms with Crippen LogP contribution in [0.3, 0.4) is 0 Å². The number of carbonyl (C=O) groups excluding carboxylic acids is 1. The van der Waals surface area contributed by atoms with Crippen molar-refractivity contribution in [3.05, 3.63) is 71.6 Å². The Morgan fingerprint density at radius 2 is 1.97 bits per heavy atom. The predicted octanol–water partition coefficient (Wildman–Crippen LogP) is 4.93. The monoisotopic (exact) mass is 485 g/mol. The van der Waals surface area contributed by atoms with Crippen molar-refractivity contribution in [3.8, 4) is 17.1 Å². The average molecular weight is 486 g/mol. The minimum Gasteiger partial charge on any atom is -0.351 e. The van der Waals surface area contributed by atoms with Gasteiger partial charge in [-0.3, -0.25) is 4.79 Å². The maximum atomic E-state index is 15.0. The summed E-state index contributed by atoms with van der Waals surface area (Å²) >= 11 is 0. The second-order valence-electron chi connectivity index (χ2n) is 10.2. The number of hydrogen-bond acceptors (Lipinski definition) is 5. The number of anilines is 2. The summed E-state index contributed by atoms with van der Waals surface area (Å²) in [5.74, 6) is 0.841. The zero-order chi connectivity index (χ0) is 25.0. The molecule has 184 valence electrons. The molecule has 1 amide bonds.